The summed E-state index contributed by atoms with van der Waals surface area (Å²) in [6.45, 7) is 9.52. The average molecular weight is 911 g/mol. The van der Waals surface area contributed by atoms with Crippen LogP contribution in [0.15, 0.2) is 88.9 Å². The van der Waals surface area contributed by atoms with Crippen LogP contribution in [0.4, 0.5) is 5.69 Å². The van der Waals surface area contributed by atoms with Gasteiger partial charge in [-0.2, -0.15) is 4.36 Å². The van der Waals surface area contributed by atoms with Gasteiger partial charge in [-0.05, 0) is 79.6 Å². The van der Waals surface area contributed by atoms with E-state index >= 15 is 0 Å². The van der Waals surface area contributed by atoms with Crippen molar-refractivity contribution in [2.45, 2.75) is 57.3 Å². The highest BCUT2D eigenvalue weighted by Crippen LogP contribution is 2.45. The highest BCUT2D eigenvalue weighted by molar-refractivity contribution is 9.09. The second-order valence-electron chi connectivity index (χ2n) is 15.0. The molecule has 59 heavy (non-hydrogen) atoms. The van der Waals surface area contributed by atoms with E-state index in [0.29, 0.717) is 54.3 Å². The van der Waals surface area contributed by atoms with Crippen molar-refractivity contribution in [3.05, 3.63) is 107 Å². The maximum Gasteiger partial charge on any atom is 0.306 e. The molecule has 2 amide bonds. The molecule has 6 atom stereocenters. The number of aryl methyl sites for hydroxylation is 2. The molecule has 13 nitrogen and oxygen atoms in total. The molecule has 3 aliphatic rings. The Morgan fingerprint density at radius 2 is 2.00 bits per heavy atom. The lowest BCUT2D eigenvalue weighted by Gasteiger charge is -2.45. The number of amides is 2. The summed E-state index contributed by atoms with van der Waals surface area (Å²) < 4.78 is 38.1. The Hall–Kier alpha value is -4.57. The van der Waals surface area contributed by atoms with Crippen molar-refractivity contribution in [3.8, 4) is 11.6 Å². The third kappa shape index (κ3) is 10.8. The van der Waals surface area contributed by atoms with Crippen LogP contribution in [0.3, 0.4) is 0 Å². The van der Waals surface area contributed by atoms with Crippen LogP contribution in [-0.4, -0.2) is 86.0 Å². The van der Waals surface area contributed by atoms with E-state index in [9.17, 15) is 23.7 Å². The van der Waals surface area contributed by atoms with Crippen LogP contribution in [0.1, 0.15) is 63.9 Å². The zero-order valence-corrected chi connectivity index (χ0v) is 36.3. The fraction of sp³-hybridized carbons (Fsp3) is 0.419. The van der Waals surface area contributed by atoms with Gasteiger partial charge in [0.05, 0.1) is 35.2 Å². The van der Waals surface area contributed by atoms with Gasteiger partial charge in [-0.15, -0.1) is 11.7 Å². The molecule has 1 N–H and O–H groups in total. The lowest BCUT2D eigenvalue weighted by Crippen LogP contribution is -2.45. The summed E-state index contributed by atoms with van der Waals surface area (Å²) in [5.74, 6) is -3.17. The number of hydrogen-bond donors (Lipinski definition) is 1. The number of alkyl halides is 1. The number of aliphatic imine (C=N–C) groups is 1. The molecule has 2 bridgehead atoms. The zero-order valence-electron chi connectivity index (χ0n) is 33.1. The SMILES string of the molecule is C=C[C@@H]1CS(=O)(/C=N/C(=O)c2cn(C)nc2OC)=NC(=O)c2ccc3c(c2)N(Cc2ccc(Cl)cc2CCCCO3)C[C@@H]2C(=C)C[C@H]2[C@@H](OC(=O)CCCBr)/C=C/C1O. The molecule has 1 saturated carbocycles. The minimum atomic E-state index is -3.82. The van der Waals surface area contributed by atoms with Gasteiger partial charge >= 0.3 is 5.97 Å². The first kappa shape index (κ1) is 44.0. The lowest BCUT2D eigenvalue weighted by atomic mass is 9.66. The monoisotopic (exact) mass is 909 g/mol. The minimum Gasteiger partial charge on any atom is -0.491 e. The average Bonchev–Trinajstić information content (AvgIpc) is 3.59. The smallest absolute Gasteiger partial charge is 0.306 e. The molecule has 0 radical (unpaired) electrons. The number of carbonyl (C=O) groups excluding carboxylic acids is 3. The molecular formula is C43H49BrClN5O8S. The number of hydrogen-bond acceptors (Lipinski definition) is 10. The van der Waals surface area contributed by atoms with Crippen LogP contribution >= 0.6 is 27.5 Å². The molecule has 2 unspecified atom stereocenters. The summed E-state index contributed by atoms with van der Waals surface area (Å²) in [5.41, 5.74) is 4.72. The normalized spacial score (nSPS) is 25.6. The number of anilines is 1. The van der Waals surface area contributed by atoms with Gasteiger partial charge in [-0.3, -0.25) is 19.1 Å². The van der Waals surface area contributed by atoms with Crippen LogP contribution in [0, 0.1) is 17.8 Å². The van der Waals surface area contributed by atoms with Crippen LogP contribution in [0.2, 0.25) is 5.02 Å². The summed E-state index contributed by atoms with van der Waals surface area (Å²) in [7, 11) is -0.862. The van der Waals surface area contributed by atoms with E-state index in [1.165, 1.54) is 30.1 Å². The molecule has 2 aromatic carbocycles. The Bertz CT molecular complexity index is 2280. The molecule has 1 aromatic heterocycles. The number of aliphatic hydroxyl groups is 1. The molecular weight excluding hydrogens is 862 g/mol. The van der Waals surface area contributed by atoms with Crippen molar-refractivity contribution in [1.29, 1.82) is 0 Å². The summed E-state index contributed by atoms with van der Waals surface area (Å²) in [6, 6.07) is 10.8. The zero-order chi connectivity index (χ0) is 42.3. The van der Waals surface area contributed by atoms with Crippen molar-refractivity contribution in [3.63, 3.8) is 0 Å². The van der Waals surface area contributed by atoms with Gasteiger partial charge in [0, 0.05) is 72.2 Å². The van der Waals surface area contributed by atoms with Gasteiger partial charge in [0.2, 0.25) is 5.88 Å². The molecule has 1 aliphatic carbocycles. The molecule has 2 aliphatic heterocycles. The molecule has 1 fully saturated rings. The van der Waals surface area contributed by atoms with Crippen molar-refractivity contribution >= 4 is 66.3 Å². The molecule has 3 heterocycles. The number of nitrogens with zero attached hydrogens (tertiary/aromatic N) is 5. The second kappa shape index (κ2) is 19.7. The van der Waals surface area contributed by atoms with Crippen LogP contribution in [0.5, 0.6) is 11.6 Å². The third-order valence-corrected chi connectivity index (χ3v) is 13.4. The van der Waals surface area contributed by atoms with Crippen molar-refractivity contribution in [2.75, 3.05) is 36.2 Å². The Morgan fingerprint density at radius 3 is 2.75 bits per heavy atom. The standard InChI is InChI=1S/C43H49BrClN5O8S/c1-5-28-25-59(55,26-46-42(54)35-23-49(3)47-43(35)56-4)48-41(53)30-12-15-39-36(21-30)50(22-31-11-13-32(45)20-29(31)9-6-7-18-57-39)24-34-27(2)19-33(34)38(16-14-37(28)51)58-40(52)10-8-17-44/h5,11-16,20-21,23,26,28,33-34,37-38,51H,1-2,6-10,17-19,22,24-25H2,3-4H3/b16-14+,46-26+/t28-,33-,34-,37?,38+,59?/m1/s1. The molecule has 0 saturated heterocycles. The number of esters is 1. The molecule has 3 aromatic rings. The number of rotatable bonds is 8. The Kier molecular flexibility index (Phi) is 14.7. The van der Waals surface area contributed by atoms with E-state index < -0.39 is 45.4 Å². The Balaban J connectivity index is 1.51. The predicted molar refractivity (Wildman–Crippen MR) is 232 cm³/mol. The number of carbonyl (C=O) groups is 3. The number of fused-ring (bicyclic) bond motifs is 3. The fourth-order valence-electron chi connectivity index (χ4n) is 7.54. The largest absolute Gasteiger partial charge is 0.491 e. The van der Waals surface area contributed by atoms with E-state index in [1.54, 1.807) is 31.3 Å². The van der Waals surface area contributed by atoms with Gasteiger partial charge in [-0.1, -0.05) is 57.9 Å². The van der Waals surface area contributed by atoms with E-state index in [1.807, 2.05) is 18.2 Å². The number of halogens is 2. The summed E-state index contributed by atoms with van der Waals surface area (Å²) in [5, 5.41) is 16.9. The van der Waals surface area contributed by atoms with E-state index in [4.69, 9.17) is 25.8 Å². The maximum absolute atomic E-state index is 14.8. The molecule has 16 heteroatoms. The van der Waals surface area contributed by atoms with Gasteiger partial charge in [0.1, 0.15) is 23.0 Å². The van der Waals surface area contributed by atoms with Gasteiger partial charge < -0.3 is 24.2 Å². The summed E-state index contributed by atoms with van der Waals surface area (Å²) in [6.07, 6.45) is 7.74. The summed E-state index contributed by atoms with van der Waals surface area (Å²) >= 11 is 9.88. The Labute approximate surface area is 358 Å². The maximum atomic E-state index is 14.8. The number of aliphatic hydroxyl groups excluding tert-OH is 1. The van der Waals surface area contributed by atoms with E-state index in [0.717, 1.165) is 41.5 Å². The van der Waals surface area contributed by atoms with Crippen LogP contribution in [0.25, 0.3) is 0 Å². The number of aromatic nitrogens is 2. The van der Waals surface area contributed by atoms with Gasteiger partial charge in [0.25, 0.3) is 11.8 Å². The number of benzene rings is 2. The molecule has 0 spiro atoms. The predicted octanol–water partition coefficient (Wildman–Crippen LogP) is 7.29. The minimum absolute atomic E-state index is 0.0128. The van der Waals surface area contributed by atoms with Crippen molar-refractivity contribution in [1.82, 2.24) is 9.78 Å². The van der Waals surface area contributed by atoms with Gasteiger partial charge in [-0.25, -0.2) is 9.20 Å². The highest BCUT2D eigenvalue weighted by atomic mass is 79.9. The first-order valence-corrected chi connectivity index (χ1v) is 22.7. The number of ether oxygens (including phenoxy) is 3. The van der Waals surface area contributed by atoms with Crippen molar-refractivity contribution in [2.24, 2.45) is 34.2 Å². The summed E-state index contributed by atoms with van der Waals surface area (Å²) in [4.78, 5) is 46.8. The lowest BCUT2D eigenvalue weighted by molar-refractivity contribution is -0.150. The highest BCUT2D eigenvalue weighted by Gasteiger charge is 2.42. The molecule has 314 valence electrons. The first-order valence-electron chi connectivity index (χ1n) is 19.5. The first-order chi connectivity index (χ1) is 28.3. The van der Waals surface area contributed by atoms with E-state index in [-0.39, 0.29) is 41.2 Å². The second-order valence-corrected chi connectivity index (χ2v) is 18.3. The van der Waals surface area contributed by atoms with Crippen molar-refractivity contribution < 1.29 is 37.9 Å². The third-order valence-electron chi connectivity index (χ3n) is 10.8. The Morgan fingerprint density at radius 1 is 1.19 bits per heavy atom. The fourth-order valence-corrected chi connectivity index (χ4v) is 9.76. The van der Waals surface area contributed by atoms with E-state index in [2.05, 4.69) is 48.4 Å². The topological polar surface area (TPSA) is 162 Å². The van der Waals surface area contributed by atoms with Gasteiger partial charge in [0.15, 0.2) is 0 Å². The quantitative estimate of drug-likeness (QED) is 0.0799. The van der Waals surface area contributed by atoms with Crippen LogP contribution < -0.4 is 14.4 Å². The molecule has 6 rings (SSSR count). The number of methoxy groups -OCH3 is 1. The van der Waals surface area contributed by atoms with Crippen LogP contribution in [-0.2, 0) is 39.3 Å².